The van der Waals surface area contributed by atoms with Crippen LogP contribution in [-0.2, 0) is 17.4 Å². The van der Waals surface area contributed by atoms with Crippen LogP contribution in [0.3, 0.4) is 0 Å². The van der Waals surface area contributed by atoms with Gasteiger partial charge in [-0.3, -0.25) is 9.11 Å². The molecule has 5 rings (SSSR count). The molecule has 0 aliphatic carbocycles. The minimum absolute atomic E-state index is 0.0776. The first-order valence-corrected chi connectivity index (χ1v) is 15.2. The van der Waals surface area contributed by atoms with E-state index in [1.54, 1.807) is 30.5 Å². The van der Waals surface area contributed by atoms with Crippen molar-refractivity contribution in [2.45, 2.75) is 19.6 Å². The fourth-order valence-electron chi connectivity index (χ4n) is 4.49. The van der Waals surface area contributed by atoms with Crippen molar-refractivity contribution in [1.29, 1.82) is 0 Å². The molecule has 10 heteroatoms. The maximum atomic E-state index is 13.5. The van der Waals surface area contributed by atoms with Gasteiger partial charge in [0.25, 0.3) is 0 Å². The molecule has 7 nitrogen and oxygen atoms in total. The van der Waals surface area contributed by atoms with E-state index in [0.29, 0.717) is 33.7 Å². The number of halogens is 2. The summed E-state index contributed by atoms with van der Waals surface area (Å²) in [4.78, 5) is 11.0. The Morgan fingerprint density at radius 3 is 2.71 bits per heavy atom. The van der Waals surface area contributed by atoms with Gasteiger partial charge in [-0.1, -0.05) is 30.7 Å². The molecule has 2 atom stereocenters. The zero-order valence-electron chi connectivity index (χ0n) is 22.9. The van der Waals surface area contributed by atoms with Gasteiger partial charge in [0, 0.05) is 39.4 Å². The number of rotatable bonds is 11. The average Bonchev–Trinajstić information content (AvgIpc) is 3.45. The highest BCUT2D eigenvalue weighted by Gasteiger charge is 2.22. The number of nitrogens with zero attached hydrogens (tertiary/aromatic N) is 3. The van der Waals surface area contributed by atoms with Crippen LogP contribution >= 0.6 is 11.6 Å². The van der Waals surface area contributed by atoms with Gasteiger partial charge >= 0.3 is 0 Å². The first-order valence-electron chi connectivity index (χ1n) is 13.1. The quantitative estimate of drug-likeness (QED) is 0.171. The second kappa shape index (κ2) is 12.8. The number of ether oxygens (including phenoxy) is 1. The molecule has 0 aliphatic rings. The lowest BCUT2D eigenvalue weighted by molar-refractivity contribution is 0.247. The molecule has 0 fully saturated rings. The highest BCUT2D eigenvalue weighted by atomic mass is 35.5. The van der Waals surface area contributed by atoms with E-state index in [2.05, 4.69) is 27.1 Å². The van der Waals surface area contributed by atoms with Gasteiger partial charge in [-0.15, -0.1) is 0 Å². The molecule has 212 valence electrons. The predicted molar refractivity (Wildman–Crippen MR) is 163 cm³/mol. The molecule has 0 bridgehead atoms. The van der Waals surface area contributed by atoms with Crippen LogP contribution in [0.4, 0.5) is 15.9 Å². The summed E-state index contributed by atoms with van der Waals surface area (Å²) >= 11 is 6.50. The monoisotopic (exact) mass is 592 g/mol. The fourth-order valence-corrected chi connectivity index (χ4v) is 5.58. The SMILES string of the molecule is CCN(C)C(C[S@](C)=O)c1ccc(-c2ccc3ncnc(Nc4ccc(OCc5cccc(F)c5)c(Cl)c4)c3c2)o1. The number of aromatic nitrogens is 2. The number of fused-ring (bicyclic) bond motifs is 1. The highest BCUT2D eigenvalue weighted by Crippen LogP contribution is 2.34. The Morgan fingerprint density at radius 1 is 1.10 bits per heavy atom. The van der Waals surface area contributed by atoms with Crippen LogP contribution in [0.1, 0.15) is 24.3 Å². The third-order valence-electron chi connectivity index (χ3n) is 6.78. The summed E-state index contributed by atoms with van der Waals surface area (Å²) in [5, 5.41) is 4.55. The zero-order chi connectivity index (χ0) is 28.9. The van der Waals surface area contributed by atoms with E-state index < -0.39 is 10.8 Å². The summed E-state index contributed by atoms with van der Waals surface area (Å²) in [5.41, 5.74) is 3.07. The largest absolute Gasteiger partial charge is 0.487 e. The summed E-state index contributed by atoms with van der Waals surface area (Å²) in [6.45, 7) is 3.07. The van der Waals surface area contributed by atoms with E-state index in [1.807, 2.05) is 43.4 Å². The van der Waals surface area contributed by atoms with Crippen molar-refractivity contribution in [3.8, 4) is 17.1 Å². The normalized spacial score (nSPS) is 12.9. The van der Waals surface area contributed by atoms with Crippen molar-refractivity contribution in [3.63, 3.8) is 0 Å². The Hall–Kier alpha value is -3.79. The van der Waals surface area contributed by atoms with Gasteiger partial charge in [-0.25, -0.2) is 14.4 Å². The van der Waals surface area contributed by atoms with Gasteiger partial charge in [-0.2, -0.15) is 0 Å². The Kier molecular flexibility index (Phi) is 8.97. The number of nitrogens with one attached hydrogen (secondary N) is 1. The molecular formula is C31H30ClFN4O3S. The molecule has 1 unspecified atom stereocenters. The number of benzene rings is 3. The van der Waals surface area contributed by atoms with Crippen molar-refractivity contribution >= 4 is 44.8 Å². The summed E-state index contributed by atoms with van der Waals surface area (Å²) in [6.07, 6.45) is 3.21. The number of furan rings is 1. The summed E-state index contributed by atoms with van der Waals surface area (Å²) in [5.74, 6) is 2.76. The maximum absolute atomic E-state index is 13.5. The third kappa shape index (κ3) is 6.93. The van der Waals surface area contributed by atoms with Crippen LogP contribution in [0.2, 0.25) is 5.02 Å². The van der Waals surface area contributed by atoms with Crippen molar-refractivity contribution < 1.29 is 17.8 Å². The molecule has 5 aromatic rings. The number of hydrogen-bond acceptors (Lipinski definition) is 7. The van der Waals surface area contributed by atoms with Gasteiger partial charge in [0.15, 0.2) is 0 Å². The van der Waals surface area contributed by atoms with Crippen LogP contribution in [0.5, 0.6) is 5.75 Å². The lowest BCUT2D eigenvalue weighted by atomic mass is 10.1. The molecule has 2 heterocycles. The van der Waals surface area contributed by atoms with E-state index in [9.17, 15) is 8.60 Å². The number of hydrogen-bond donors (Lipinski definition) is 1. The first kappa shape index (κ1) is 28.7. The molecule has 0 radical (unpaired) electrons. The van der Waals surface area contributed by atoms with Gasteiger partial charge < -0.3 is 14.5 Å². The van der Waals surface area contributed by atoms with E-state index in [-0.39, 0.29) is 18.5 Å². The van der Waals surface area contributed by atoms with E-state index >= 15 is 0 Å². The minimum Gasteiger partial charge on any atom is -0.487 e. The Bertz CT molecular complexity index is 1700. The standard InChI is InChI=1S/C31H30ClFN4O3S/c1-4-37(2)27(18-41(3)38)30-13-12-28(40-30)21-8-10-26-24(15-21)31(35-19-34-26)36-23-9-11-29(25(32)16-23)39-17-20-6-5-7-22(33)14-20/h5-16,19,27H,4,17-18H2,1-3H3,(H,34,35,36)/t27?,41-/m0/s1. The second-order valence-electron chi connectivity index (χ2n) is 9.67. The van der Waals surface area contributed by atoms with Crippen LogP contribution in [0, 0.1) is 5.82 Å². The molecular weight excluding hydrogens is 563 g/mol. The van der Waals surface area contributed by atoms with Crippen LogP contribution in [-0.4, -0.2) is 44.7 Å². The van der Waals surface area contributed by atoms with Crippen molar-refractivity contribution in [2.75, 3.05) is 30.9 Å². The van der Waals surface area contributed by atoms with Crippen molar-refractivity contribution in [2.24, 2.45) is 0 Å². The van der Waals surface area contributed by atoms with Crippen LogP contribution in [0.25, 0.3) is 22.2 Å². The number of anilines is 2. The molecule has 2 aromatic heterocycles. The Morgan fingerprint density at radius 2 is 1.95 bits per heavy atom. The first-order chi connectivity index (χ1) is 19.8. The van der Waals surface area contributed by atoms with Crippen LogP contribution < -0.4 is 10.1 Å². The molecule has 0 saturated carbocycles. The maximum Gasteiger partial charge on any atom is 0.141 e. The van der Waals surface area contributed by atoms with Crippen molar-refractivity contribution in [3.05, 3.63) is 101 Å². The molecule has 0 spiro atoms. The second-order valence-corrected chi connectivity index (χ2v) is 11.6. The summed E-state index contributed by atoms with van der Waals surface area (Å²) in [7, 11) is 1.03. The molecule has 0 amide bonds. The topological polar surface area (TPSA) is 80.5 Å². The van der Waals surface area contributed by atoms with Gasteiger partial charge in [-0.05, 0) is 79.8 Å². The fraction of sp³-hybridized carbons (Fsp3) is 0.226. The van der Waals surface area contributed by atoms with E-state index in [1.165, 1.54) is 18.5 Å². The van der Waals surface area contributed by atoms with E-state index in [4.69, 9.17) is 20.8 Å². The van der Waals surface area contributed by atoms with Crippen molar-refractivity contribution in [1.82, 2.24) is 14.9 Å². The van der Waals surface area contributed by atoms with Gasteiger partial charge in [0.05, 0.1) is 16.6 Å². The highest BCUT2D eigenvalue weighted by molar-refractivity contribution is 7.84. The lowest BCUT2D eigenvalue weighted by Gasteiger charge is -2.24. The molecule has 0 saturated heterocycles. The van der Waals surface area contributed by atoms with Crippen LogP contribution in [0.15, 0.2) is 83.5 Å². The molecule has 0 aliphatic heterocycles. The van der Waals surface area contributed by atoms with Gasteiger partial charge in [0.1, 0.15) is 41.8 Å². The Balaban J connectivity index is 1.37. The summed E-state index contributed by atoms with van der Waals surface area (Å²) in [6, 6.07) is 21.3. The molecule has 3 aromatic carbocycles. The molecule has 1 N–H and O–H groups in total. The molecule has 41 heavy (non-hydrogen) atoms. The minimum atomic E-state index is -0.967. The lowest BCUT2D eigenvalue weighted by Crippen LogP contribution is -2.28. The summed E-state index contributed by atoms with van der Waals surface area (Å²) < 4.78 is 37.5. The smallest absolute Gasteiger partial charge is 0.141 e. The van der Waals surface area contributed by atoms with Gasteiger partial charge in [0.2, 0.25) is 0 Å². The Labute approximate surface area is 245 Å². The third-order valence-corrected chi connectivity index (χ3v) is 7.86. The van der Waals surface area contributed by atoms with E-state index in [0.717, 1.165) is 34.5 Å². The zero-order valence-corrected chi connectivity index (χ0v) is 24.5. The predicted octanol–water partition coefficient (Wildman–Crippen LogP) is 7.38. The average molecular weight is 593 g/mol.